The van der Waals surface area contributed by atoms with Gasteiger partial charge in [0.15, 0.2) is 0 Å². The van der Waals surface area contributed by atoms with Gasteiger partial charge >= 0.3 is 5.91 Å². The van der Waals surface area contributed by atoms with E-state index in [1.54, 1.807) is 0 Å². The van der Waals surface area contributed by atoms with E-state index in [9.17, 15) is 4.79 Å². The molecule has 1 atom stereocenters. The molecule has 0 saturated carbocycles. The van der Waals surface area contributed by atoms with E-state index in [-0.39, 0.29) is 5.91 Å². The summed E-state index contributed by atoms with van der Waals surface area (Å²) in [6.07, 6.45) is 0. The van der Waals surface area contributed by atoms with Crippen molar-refractivity contribution in [2.75, 3.05) is 10.3 Å². The van der Waals surface area contributed by atoms with Crippen LogP contribution in [-0.4, -0.2) is 23.0 Å². The van der Waals surface area contributed by atoms with Crippen molar-refractivity contribution >= 4 is 28.7 Å². The van der Waals surface area contributed by atoms with Gasteiger partial charge in [0.05, 0.1) is 17.1 Å². The maximum atomic E-state index is 13.6. The summed E-state index contributed by atoms with van der Waals surface area (Å²) in [5.41, 5.74) is 4.83. The van der Waals surface area contributed by atoms with Crippen LogP contribution in [0.4, 0.5) is 11.4 Å². The van der Waals surface area contributed by atoms with Crippen LogP contribution in [0.2, 0.25) is 0 Å². The van der Waals surface area contributed by atoms with Crippen molar-refractivity contribution < 1.29 is 4.79 Å². The molecule has 142 valence electrons. The monoisotopic (exact) mass is 380 g/mol. The lowest BCUT2D eigenvalue weighted by Crippen LogP contribution is -2.53. The molecule has 1 N–H and O–H groups in total. The summed E-state index contributed by atoms with van der Waals surface area (Å²) in [5.74, 6) is -0.207. The highest BCUT2D eigenvalue weighted by Crippen LogP contribution is 2.36. The highest BCUT2D eigenvalue weighted by Gasteiger charge is 2.52. The number of fused-ring (bicyclic) bond motifs is 1. The third kappa shape index (κ3) is 2.66. The average molecular weight is 380 g/mol. The smallest absolute Gasteiger partial charge is 0.302 e. The molecule has 5 heteroatoms. The molecule has 0 bridgehead atoms. The zero-order valence-electron chi connectivity index (χ0n) is 16.3. The van der Waals surface area contributed by atoms with Crippen molar-refractivity contribution in [1.29, 1.82) is 0 Å². The van der Waals surface area contributed by atoms with Gasteiger partial charge in [-0.25, -0.2) is 4.99 Å². The molecule has 5 nitrogen and oxygen atoms in total. The summed E-state index contributed by atoms with van der Waals surface area (Å²) in [7, 11) is 0. The van der Waals surface area contributed by atoms with E-state index in [0.717, 1.165) is 33.8 Å². The van der Waals surface area contributed by atoms with Crippen molar-refractivity contribution in [1.82, 2.24) is 0 Å². The fraction of sp³-hybridized carbons (Fsp3) is 0.125. The summed E-state index contributed by atoms with van der Waals surface area (Å²) in [6.45, 7) is 3.86. The van der Waals surface area contributed by atoms with Gasteiger partial charge in [0, 0.05) is 16.8 Å². The van der Waals surface area contributed by atoms with Crippen molar-refractivity contribution in [3.05, 3.63) is 95.6 Å². The van der Waals surface area contributed by atoms with Gasteiger partial charge < -0.3 is 5.32 Å². The lowest BCUT2D eigenvalue weighted by molar-refractivity contribution is -0.120. The second-order valence-corrected chi connectivity index (χ2v) is 7.35. The van der Waals surface area contributed by atoms with Crippen molar-refractivity contribution in [2.24, 2.45) is 10.1 Å². The van der Waals surface area contributed by atoms with Gasteiger partial charge in [-0.3, -0.25) is 4.79 Å². The van der Waals surface area contributed by atoms with E-state index < -0.39 is 5.66 Å². The number of benzene rings is 3. The fourth-order valence-electron chi connectivity index (χ4n) is 3.77. The van der Waals surface area contributed by atoms with Gasteiger partial charge in [0.2, 0.25) is 0 Å². The number of nitrogens with one attached hydrogen (secondary N) is 1. The quantitative estimate of drug-likeness (QED) is 0.717. The van der Waals surface area contributed by atoms with Gasteiger partial charge in [0.25, 0.3) is 5.66 Å². The molecule has 2 aliphatic heterocycles. The first-order valence-corrected chi connectivity index (χ1v) is 9.58. The highest BCUT2D eigenvalue weighted by atomic mass is 16.2. The molecule has 1 amide bonds. The Morgan fingerprint density at radius 2 is 1.55 bits per heavy atom. The minimum Gasteiger partial charge on any atom is -0.348 e. The lowest BCUT2D eigenvalue weighted by Gasteiger charge is -2.33. The highest BCUT2D eigenvalue weighted by molar-refractivity contribution is 6.29. The van der Waals surface area contributed by atoms with Crippen LogP contribution in [0, 0.1) is 6.92 Å². The van der Waals surface area contributed by atoms with E-state index in [4.69, 9.17) is 4.99 Å². The molecule has 2 heterocycles. The summed E-state index contributed by atoms with van der Waals surface area (Å²) in [4.78, 5) is 18.6. The number of hydrazone groups is 1. The average Bonchev–Trinajstić information content (AvgIpc) is 2.99. The van der Waals surface area contributed by atoms with Crippen LogP contribution in [0.5, 0.6) is 0 Å². The standard InChI is InChI=1S/C24H20N4O/c1-16-12-14-19(15-13-16)28-23(29)24(17(2)27-28)25-21-11-7-6-10-20(21)22(26-24)18-8-4-3-5-9-18/h3-15,25H,1-2H3. The van der Waals surface area contributed by atoms with E-state index in [1.165, 1.54) is 5.01 Å². The number of hydrogen-bond acceptors (Lipinski definition) is 4. The summed E-state index contributed by atoms with van der Waals surface area (Å²) in [5, 5.41) is 9.40. The molecule has 5 rings (SSSR count). The first-order chi connectivity index (χ1) is 14.1. The van der Waals surface area contributed by atoms with Crippen molar-refractivity contribution in [3.63, 3.8) is 0 Å². The Bertz CT molecular complexity index is 1160. The van der Waals surface area contributed by atoms with E-state index in [1.807, 2.05) is 92.7 Å². The molecule has 2 aliphatic rings. The Morgan fingerprint density at radius 1 is 0.862 bits per heavy atom. The predicted molar refractivity (Wildman–Crippen MR) is 117 cm³/mol. The molecule has 1 unspecified atom stereocenters. The largest absolute Gasteiger partial charge is 0.348 e. The second-order valence-electron chi connectivity index (χ2n) is 7.35. The summed E-state index contributed by atoms with van der Waals surface area (Å²) in [6, 6.07) is 25.6. The number of amides is 1. The van der Waals surface area contributed by atoms with Crippen LogP contribution >= 0.6 is 0 Å². The Morgan fingerprint density at radius 3 is 2.31 bits per heavy atom. The Labute approximate surface area is 169 Å². The van der Waals surface area contributed by atoms with Crippen LogP contribution < -0.4 is 10.3 Å². The molecule has 0 aliphatic carbocycles. The zero-order chi connectivity index (χ0) is 20.0. The molecule has 29 heavy (non-hydrogen) atoms. The topological polar surface area (TPSA) is 57.1 Å². The molecule has 3 aromatic rings. The summed E-state index contributed by atoms with van der Waals surface area (Å²) < 4.78 is 0. The van der Waals surface area contributed by atoms with E-state index in [0.29, 0.717) is 5.71 Å². The number of hydrogen-bond donors (Lipinski definition) is 1. The number of para-hydroxylation sites is 1. The number of aliphatic imine (C=N–C) groups is 1. The number of nitrogens with zero attached hydrogens (tertiary/aromatic N) is 3. The number of aryl methyl sites for hydroxylation is 1. The third-order valence-corrected chi connectivity index (χ3v) is 5.38. The number of anilines is 2. The molecule has 0 radical (unpaired) electrons. The van der Waals surface area contributed by atoms with Crippen LogP contribution in [0.25, 0.3) is 0 Å². The van der Waals surface area contributed by atoms with E-state index in [2.05, 4.69) is 10.4 Å². The van der Waals surface area contributed by atoms with Crippen molar-refractivity contribution in [2.45, 2.75) is 19.5 Å². The molecule has 1 spiro atoms. The first kappa shape index (κ1) is 17.4. The molecular formula is C24H20N4O. The van der Waals surface area contributed by atoms with Crippen LogP contribution in [0.1, 0.15) is 23.6 Å². The van der Waals surface area contributed by atoms with Gasteiger partial charge in [-0.2, -0.15) is 10.1 Å². The number of carbonyl (C=O) groups excluding carboxylic acids is 1. The van der Waals surface area contributed by atoms with Gasteiger partial charge in [-0.05, 0) is 32.0 Å². The first-order valence-electron chi connectivity index (χ1n) is 9.58. The Balaban J connectivity index is 1.66. The minimum absolute atomic E-state index is 0.207. The molecule has 0 aromatic heterocycles. The molecule has 0 saturated heterocycles. The number of carbonyl (C=O) groups is 1. The van der Waals surface area contributed by atoms with Crippen LogP contribution in [0.3, 0.4) is 0 Å². The molecule has 3 aromatic carbocycles. The van der Waals surface area contributed by atoms with Crippen LogP contribution in [-0.2, 0) is 4.79 Å². The number of rotatable bonds is 2. The lowest BCUT2D eigenvalue weighted by atomic mass is 9.93. The second kappa shape index (κ2) is 6.41. The van der Waals surface area contributed by atoms with Crippen molar-refractivity contribution in [3.8, 4) is 0 Å². The predicted octanol–water partition coefficient (Wildman–Crippen LogP) is 4.38. The normalized spacial score (nSPS) is 20.2. The zero-order valence-corrected chi connectivity index (χ0v) is 16.3. The maximum Gasteiger partial charge on any atom is 0.302 e. The Kier molecular flexibility index (Phi) is 3.84. The van der Waals surface area contributed by atoms with Gasteiger partial charge in [-0.1, -0.05) is 66.2 Å². The molecular weight excluding hydrogens is 360 g/mol. The maximum absolute atomic E-state index is 13.6. The third-order valence-electron chi connectivity index (χ3n) is 5.38. The van der Waals surface area contributed by atoms with E-state index >= 15 is 0 Å². The minimum atomic E-state index is -1.25. The Hall–Kier alpha value is -3.73. The van der Waals surface area contributed by atoms with Gasteiger partial charge in [0.1, 0.15) is 0 Å². The molecule has 0 fully saturated rings. The fourth-order valence-corrected chi connectivity index (χ4v) is 3.77. The summed E-state index contributed by atoms with van der Waals surface area (Å²) >= 11 is 0. The SMILES string of the molecule is CC1=NN(c2ccc(C)cc2)C(=O)C12N=C(c1ccccc1)c1ccccc1N2. The van der Waals surface area contributed by atoms with Crippen LogP contribution in [0.15, 0.2) is 89.0 Å². The van der Waals surface area contributed by atoms with Gasteiger partial charge in [-0.15, -0.1) is 0 Å².